The average Bonchev–Trinajstić information content (AvgIpc) is 2.77. The molecule has 0 radical (unpaired) electrons. The molecule has 0 saturated heterocycles. The van der Waals surface area contributed by atoms with Crippen LogP contribution in [0.4, 0.5) is 0 Å². The zero-order valence-electron chi connectivity index (χ0n) is 9.94. The molecular weight excluding hydrogens is 224 g/mol. The number of imidazole rings is 1. The fraction of sp³-hybridized carbons (Fsp3) is 0.727. The number of aromatic nitrogens is 2. The number of unbranched alkanes of at least 4 members (excludes halogenated alkanes) is 3. The highest BCUT2D eigenvalue weighted by molar-refractivity contribution is 7.91. The molecule has 0 amide bonds. The first kappa shape index (κ1) is 13.2. The lowest BCUT2D eigenvalue weighted by Gasteiger charge is -2.10. The van der Waals surface area contributed by atoms with Crippen molar-refractivity contribution in [2.75, 3.05) is 0 Å². The molecule has 0 aromatic carbocycles. The van der Waals surface area contributed by atoms with E-state index in [1.54, 1.807) is 6.92 Å². The molecule has 1 heterocycles. The summed E-state index contributed by atoms with van der Waals surface area (Å²) in [5.41, 5.74) is 0. The Hall–Kier alpha value is -0.840. The quantitative estimate of drug-likeness (QED) is 0.750. The normalized spacial score (nSPS) is 13.9. The molecule has 16 heavy (non-hydrogen) atoms. The maximum absolute atomic E-state index is 12.0. The molecule has 1 unspecified atom stereocenters. The Morgan fingerprint density at radius 3 is 2.69 bits per heavy atom. The van der Waals surface area contributed by atoms with Gasteiger partial charge >= 0.3 is 0 Å². The molecule has 1 rings (SSSR count). The van der Waals surface area contributed by atoms with Crippen molar-refractivity contribution in [1.29, 1.82) is 0 Å². The predicted octanol–water partition coefficient (Wildman–Crippen LogP) is 2.54. The highest BCUT2D eigenvalue weighted by Gasteiger charge is 2.24. The number of aromatic amines is 1. The second kappa shape index (κ2) is 6.03. The number of nitrogens with one attached hydrogen (secondary N) is 1. The van der Waals surface area contributed by atoms with Gasteiger partial charge in [0.2, 0.25) is 15.0 Å². The van der Waals surface area contributed by atoms with Crippen LogP contribution in [0.2, 0.25) is 0 Å². The van der Waals surface area contributed by atoms with Gasteiger partial charge in [0, 0.05) is 12.4 Å². The number of hydrogen-bond acceptors (Lipinski definition) is 3. The monoisotopic (exact) mass is 244 g/mol. The van der Waals surface area contributed by atoms with Gasteiger partial charge in [-0.25, -0.2) is 13.4 Å². The second-order valence-electron chi connectivity index (χ2n) is 4.10. The molecule has 4 nitrogen and oxygen atoms in total. The van der Waals surface area contributed by atoms with E-state index < -0.39 is 9.84 Å². The molecule has 1 aromatic rings. The van der Waals surface area contributed by atoms with Gasteiger partial charge in [0.25, 0.3) is 0 Å². The van der Waals surface area contributed by atoms with Crippen LogP contribution in [0.1, 0.15) is 46.0 Å². The molecule has 0 aliphatic carbocycles. The first-order valence-corrected chi connectivity index (χ1v) is 7.37. The van der Waals surface area contributed by atoms with Gasteiger partial charge in [0.1, 0.15) is 0 Å². The number of H-pyrrole nitrogens is 1. The van der Waals surface area contributed by atoms with E-state index in [0.29, 0.717) is 6.42 Å². The highest BCUT2D eigenvalue weighted by atomic mass is 32.2. The van der Waals surface area contributed by atoms with Crippen LogP contribution in [-0.4, -0.2) is 23.6 Å². The van der Waals surface area contributed by atoms with Crippen molar-refractivity contribution in [2.45, 2.75) is 56.4 Å². The molecule has 92 valence electrons. The average molecular weight is 244 g/mol. The van der Waals surface area contributed by atoms with Crippen LogP contribution >= 0.6 is 0 Å². The number of hydrogen-bond donors (Lipinski definition) is 1. The van der Waals surface area contributed by atoms with Crippen LogP contribution in [0, 0.1) is 0 Å². The largest absolute Gasteiger partial charge is 0.336 e. The van der Waals surface area contributed by atoms with Crippen LogP contribution in [0.25, 0.3) is 0 Å². The van der Waals surface area contributed by atoms with Crippen LogP contribution in [0.3, 0.4) is 0 Å². The third kappa shape index (κ3) is 3.33. The van der Waals surface area contributed by atoms with E-state index in [1.807, 2.05) is 0 Å². The van der Waals surface area contributed by atoms with Gasteiger partial charge in [-0.2, -0.15) is 0 Å². The molecular formula is C11H20N2O2S. The molecule has 0 saturated carbocycles. The van der Waals surface area contributed by atoms with Crippen LogP contribution in [0.5, 0.6) is 0 Å². The summed E-state index contributed by atoms with van der Waals surface area (Å²) >= 11 is 0. The van der Waals surface area contributed by atoms with Crippen molar-refractivity contribution in [2.24, 2.45) is 0 Å². The van der Waals surface area contributed by atoms with E-state index in [9.17, 15) is 8.42 Å². The van der Waals surface area contributed by atoms with E-state index in [2.05, 4.69) is 16.9 Å². The Kier molecular flexibility index (Phi) is 4.99. The first-order chi connectivity index (χ1) is 7.59. The van der Waals surface area contributed by atoms with Gasteiger partial charge in [-0.3, -0.25) is 0 Å². The molecule has 1 atom stereocenters. The molecule has 1 N–H and O–H groups in total. The van der Waals surface area contributed by atoms with E-state index in [0.717, 1.165) is 12.8 Å². The maximum atomic E-state index is 12.0. The summed E-state index contributed by atoms with van der Waals surface area (Å²) in [5.74, 6) is 0. The summed E-state index contributed by atoms with van der Waals surface area (Å²) in [5, 5.41) is -0.258. The van der Waals surface area contributed by atoms with Crippen molar-refractivity contribution in [3.05, 3.63) is 12.4 Å². The van der Waals surface area contributed by atoms with Gasteiger partial charge in [0.05, 0.1) is 5.25 Å². The highest BCUT2D eigenvalue weighted by Crippen LogP contribution is 2.17. The zero-order chi connectivity index (χ0) is 12.0. The lowest BCUT2D eigenvalue weighted by molar-refractivity contribution is 0.557. The summed E-state index contributed by atoms with van der Waals surface area (Å²) < 4.78 is 23.9. The van der Waals surface area contributed by atoms with Gasteiger partial charge < -0.3 is 4.98 Å². The fourth-order valence-electron chi connectivity index (χ4n) is 1.61. The Morgan fingerprint density at radius 2 is 2.12 bits per heavy atom. The number of sulfone groups is 1. The number of nitrogens with zero attached hydrogens (tertiary/aromatic N) is 1. The van der Waals surface area contributed by atoms with Crippen molar-refractivity contribution in [1.82, 2.24) is 9.97 Å². The first-order valence-electron chi connectivity index (χ1n) is 5.82. The molecule has 0 bridgehead atoms. The SMILES string of the molecule is CCCCCCC(C)S(=O)(=O)c1ncc[nH]1. The van der Waals surface area contributed by atoms with Gasteiger partial charge in [-0.05, 0) is 13.3 Å². The Labute approximate surface area is 97.4 Å². The standard InChI is InChI=1S/C11H20N2O2S/c1-3-4-5-6-7-10(2)16(14,15)11-12-8-9-13-11/h8-10H,3-7H2,1-2H3,(H,12,13). The molecule has 0 spiro atoms. The Balaban J connectivity index is 2.50. The van der Waals surface area contributed by atoms with Crippen molar-refractivity contribution < 1.29 is 8.42 Å². The Morgan fingerprint density at radius 1 is 1.38 bits per heavy atom. The van der Waals surface area contributed by atoms with Gasteiger partial charge in [0.15, 0.2) is 0 Å². The van der Waals surface area contributed by atoms with Crippen molar-refractivity contribution in [3.8, 4) is 0 Å². The van der Waals surface area contributed by atoms with Crippen LogP contribution in [0.15, 0.2) is 17.6 Å². The number of rotatable bonds is 7. The Bertz CT molecular complexity index is 384. The van der Waals surface area contributed by atoms with Crippen LogP contribution < -0.4 is 0 Å². The lowest BCUT2D eigenvalue weighted by Crippen LogP contribution is -2.19. The zero-order valence-corrected chi connectivity index (χ0v) is 10.8. The van der Waals surface area contributed by atoms with E-state index >= 15 is 0 Å². The van der Waals surface area contributed by atoms with E-state index in [4.69, 9.17) is 0 Å². The smallest absolute Gasteiger partial charge is 0.225 e. The summed E-state index contributed by atoms with van der Waals surface area (Å²) in [6, 6.07) is 0. The molecule has 0 aliphatic heterocycles. The van der Waals surface area contributed by atoms with Crippen molar-refractivity contribution in [3.63, 3.8) is 0 Å². The minimum Gasteiger partial charge on any atom is -0.336 e. The van der Waals surface area contributed by atoms with E-state index in [-0.39, 0.29) is 10.4 Å². The molecule has 5 heteroatoms. The maximum Gasteiger partial charge on any atom is 0.225 e. The summed E-state index contributed by atoms with van der Waals surface area (Å²) in [7, 11) is -3.25. The predicted molar refractivity (Wildman–Crippen MR) is 64.0 cm³/mol. The van der Waals surface area contributed by atoms with Crippen LogP contribution in [-0.2, 0) is 9.84 Å². The second-order valence-corrected chi connectivity index (χ2v) is 6.38. The minimum absolute atomic E-state index is 0.0930. The summed E-state index contributed by atoms with van der Waals surface area (Å²) in [4.78, 5) is 6.47. The fourth-order valence-corrected chi connectivity index (χ4v) is 2.91. The van der Waals surface area contributed by atoms with Crippen molar-refractivity contribution >= 4 is 9.84 Å². The molecule has 0 aliphatic rings. The van der Waals surface area contributed by atoms with Gasteiger partial charge in [-0.1, -0.05) is 32.6 Å². The summed E-state index contributed by atoms with van der Waals surface area (Å²) in [6.07, 6.45) is 8.13. The minimum atomic E-state index is -3.25. The topological polar surface area (TPSA) is 62.8 Å². The molecule has 1 aromatic heterocycles. The third-order valence-electron chi connectivity index (χ3n) is 2.74. The van der Waals surface area contributed by atoms with E-state index in [1.165, 1.54) is 25.2 Å². The van der Waals surface area contributed by atoms with Gasteiger partial charge in [-0.15, -0.1) is 0 Å². The third-order valence-corrected chi connectivity index (χ3v) is 4.79. The summed E-state index contributed by atoms with van der Waals surface area (Å²) in [6.45, 7) is 3.90. The lowest BCUT2D eigenvalue weighted by atomic mass is 10.1. The molecule has 0 fully saturated rings.